The van der Waals surface area contributed by atoms with Crippen LogP contribution in [-0.2, 0) is 15.6 Å². The molecule has 0 N–H and O–H groups in total. The Morgan fingerprint density at radius 2 is 1.14 bits per heavy atom. The van der Waals surface area contributed by atoms with Gasteiger partial charge in [-0.3, -0.25) is 0 Å². The van der Waals surface area contributed by atoms with Crippen LogP contribution in [0.25, 0.3) is 10.8 Å². The van der Waals surface area contributed by atoms with Crippen LogP contribution in [0.15, 0.2) is 142 Å². The Labute approximate surface area is 208 Å². The Kier molecular flexibility index (Phi) is 7.11. The molecule has 5 aromatic rings. The van der Waals surface area contributed by atoms with E-state index in [1.54, 1.807) is 6.07 Å². The first-order valence-electron chi connectivity index (χ1n) is 11.5. The Morgan fingerprint density at radius 3 is 1.80 bits per heavy atom. The second kappa shape index (κ2) is 10.9. The third kappa shape index (κ3) is 5.56. The quantitative estimate of drug-likeness (QED) is 0.135. The lowest BCUT2D eigenvalue weighted by Gasteiger charge is -2.10. The monoisotopic (exact) mass is 477 g/mol. The topological polar surface area (TPSA) is 35.5 Å². The van der Waals surface area contributed by atoms with Crippen molar-refractivity contribution >= 4 is 27.6 Å². The molecule has 0 spiro atoms. The van der Waals surface area contributed by atoms with Crippen LogP contribution in [-0.4, -0.2) is 19.2 Å². The van der Waals surface area contributed by atoms with Crippen molar-refractivity contribution < 1.29 is 14.3 Å². The summed E-state index contributed by atoms with van der Waals surface area (Å²) in [5, 5.41) is 2.11. The zero-order valence-electron chi connectivity index (χ0n) is 19.2. The first-order chi connectivity index (χ1) is 17.3. The maximum absolute atomic E-state index is 12.4. The molecule has 3 nitrogen and oxygen atoms in total. The van der Waals surface area contributed by atoms with Gasteiger partial charge in [-0.05, 0) is 71.4 Å². The fourth-order valence-corrected chi connectivity index (χ4v) is 5.97. The summed E-state index contributed by atoms with van der Waals surface area (Å²) in [6.07, 6.45) is 0. The van der Waals surface area contributed by atoms with Crippen LogP contribution in [0.1, 0.15) is 10.4 Å². The summed E-state index contributed by atoms with van der Waals surface area (Å²) >= 11 is 0. The number of ether oxygens (including phenoxy) is 2. The Bertz CT molecular complexity index is 1360. The second-order valence-electron chi connectivity index (χ2n) is 7.95. The van der Waals surface area contributed by atoms with Crippen molar-refractivity contribution in [2.24, 2.45) is 0 Å². The third-order valence-corrected chi connectivity index (χ3v) is 7.82. The van der Waals surface area contributed by atoms with Crippen molar-refractivity contribution in [2.45, 2.75) is 14.7 Å². The summed E-state index contributed by atoms with van der Waals surface area (Å²) in [7, 11) is -0.193. The van der Waals surface area contributed by atoms with E-state index in [1.165, 1.54) is 14.7 Å². The summed E-state index contributed by atoms with van der Waals surface area (Å²) in [6, 6.07) is 42.8. The molecule has 0 saturated heterocycles. The number of hydrogen-bond donors (Lipinski definition) is 0. The Balaban J connectivity index is 1.20. The number of carbonyl (C=O) groups is 1. The molecule has 0 aromatic heterocycles. The van der Waals surface area contributed by atoms with E-state index in [2.05, 4.69) is 60.7 Å². The average Bonchev–Trinajstić information content (AvgIpc) is 2.93. The van der Waals surface area contributed by atoms with E-state index in [-0.39, 0.29) is 23.5 Å². The molecular formula is C31H25O3S+. The molecule has 0 aliphatic heterocycles. The number of benzene rings is 5. The molecule has 0 aliphatic carbocycles. The van der Waals surface area contributed by atoms with Gasteiger partial charge in [0, 0.05) is 0 Å². The molecule has 5 aromatic carbocycles. The van der Waals surface area contributed by atoms with Gasteiger partial charge in [0.15, 0.2) is 14.7 Å². The molecule has 35 heavy (non-hydrogen) atoms. The maximum Gasteiger partial charge on any atom is 0.338 e. The van der Waals surface area contributed by atoms with E-state index >= 15 is 0 Å². The molecule has 0 atom stereocenters. The van der Waals surface area contributed by atoms with Crippen molar-refractivity contribution in [3.8, 4) is 5.75 Å². The smallest absolute Gasteiger partial charge is 0.338 e. The highest BCUT2D eigenvalue weighted by atomic mass is 32.2. The van der Waals surface area contributed by atoms with Crippen LogP contribution in [0.3, 0.4) is 0 Å². The van der Waals surface area contributed by atoms with Gasteiger partial charge in [-0.15, -0.1) is 0 Å². The maximum atomic E-state index is 12.4. The molecule has 0 radical (unpaired) electrons. The van der Waals surface area contributed by atoms with E-state index in [0.29, 0.717) is 12.2 Å². The van der Waals surface area contributed by atoms with Crippen LogP contribution in [0, 0.1) is 0 Å². The molecule has 4 heteroatoms. The number of hydrogen-bond acceptors (Lipinski definition) is 3. The highest BCUT2D eigenvalue weighted by Gasteiger charge is 2.28. The van der Waals surface area contributed by atoms with Crippen molar-refractivity contribution in [1.82, 2.24) is 0 Å². The van der Waals surface area contributed by atoms with E-state index in [9.17, 15) is 4.79 Å². The lowest BCUT2D eigenvalue weighted by atomic mass is 10.1. The van der Waals surface area contributed by atoms with Crippen LogP contribution in [0.2, 0.25) is 0 Å². The first-order valence-corrected chi connectivity index (χ1v) is 12.7. The van der Waals surface area contributed by atoms with E-state index in [1.807, 2.05) is 60.7 Å². The lowest BCUT2D eigenvalue weighted by Crippen LogP contribution is -2.12. The van der Waals surface area contributed by atoms with Gasteiger partial charge in [-0.1, -0.05) is 66.7 Å². The summed E-state index contributed by atoms with van der Waals surface area (Å²) < 4.78 is 11.2. The minimum atomic E-state index is -0.343. The summed E-state index contributed by atoms with van der Waals surface area (Å²) in [5.41, 5.74) is 0.543. The SMILES string of the molecule is O=C(OCCOc1ccc([S+](c2ccccc2)c2ccccc2)cc1)c1ccc2ccccc2c1. The number of carbonyl (C=O) groups excluding carboxylic acids is 1. The van der Waals surface area contributed by atoms with Gasteiger partial charge in [0.1, 0.15) is 19.0 Å². The fourth-order valence-electron chi connectivity index (χ4n) is 3.89. The number of rotatable bonds is 8. The van der Waals surface area contributed by atoms with Crippen molar-refractivity contribution in [3.63, 3.8) is 0 Å². The molecule has 0 bridgehead atoms. The van der Waals surface area contributed by atoms with Gasteiger partial charge in [-0.2, -0.15) is 0 Å². The largest absolute Gasteiger partial charge is 0.490 e. The Hall–Kier alpha value is -4.02. The summed E-state index contributed by atoms with van der Waals surface area (Å²) in [5.74, 6) is 0.407. The van der Waals surface area contributed by atoms with Crippen LogP contribution >= 0.6 is 0 Å². The predicted octanol–water partition coefficient (Wildman–Crippen LogP) is 7.17. The lowest BCUT2D eigenvalue weighted by molar-refractivity contribution is 0.0450. The normalized spacial score (nSPS) is 10.9. The molecule has 0 unspecified atom stereocenters. The highest BCUT2D eigenvalue weighted by Crippen LogP contribution is 2.31. The van der Waals surface area contributed by atoms with Gasteiger partial charge in [0.05, 0.1) is 16.5 Å². The standard InChI is InChI=1S/C31H25O3S/c32-31(26-16-15-24-9-7-8-10-25(24)23-26)34-22-21-33-27-17-19-30(20-18-27)35(28-11-3-1-4-12-28)29-13-5-2-6-14-29/h1-20,23H,21-22H2/q+1. The average molecular weight is 478 g/mol. The minimum Gasteiger partial charge on any atom is -0.490 e. The third-order valence-electron chi connectivity index (χ3n) is 5.59. The zero-order valence-corrected chi connectivity index (χ0v) is 20.0. The Morgan fingerprint density at radius 1 is 0.571 bits per heavy atom. The summed E-state index contributed by atoms with van der Waals surface area (Å²) in [6.45, 7) is 0.480. The number of fused-ring (bicyclic) bond motifs is 1. The van der Waals surface area contributed by atoms with Crippen molar-refractivity contribution in [1.29, 1.82) is 0 Å². The molecule has 0 aliphatic rings. The van der Waals surface area contributed by atoms with E-state index in [4.69, 9.17) is 9.47 Å². The number of esters is 1. The highest BCUT2D eigenvalue weighted by molar-refractivity contribution is 7.97. The van der Waals surface area contributed by atoms with Gasteiger partial charge in [0.25, 0.3) is 0 Å². The van der Waals surface area contributed by atoms with Gasteiger partial charge < -0.3 is 9.47 Å². The van der Waals surface area contributed by atoms with Crippen molar-refractivity contribution in [2.75, 3.05) is 13.2 Å². The molecule has 5 rings (SSSR count). The first kappa shape index (κ1) is 22.8. The molecule has 0 amide bonds. The second-order valence-corrected chi connectivity index (χ2v) is 9.98. The predicted molar refractivity (Wildman–Crippen MR) is 141 cm³/mol. The zero-order chi connectivity index (χ0) is 23.9. The summed E-state index contributed by atoms with van der Waals surface area (Å²) in [4.78, 5) is 16.2. The van der Waals surface area contributed by atoms with Crippen LogP contribution in [0.4, 0.5) is 0 Å². The molecule has 172 valence electrons. The van der Waals surface area contributed by atoms with E-state index in [0.717, 1.165) is 16.5 Å². The van der Waals surface area contributed by atoms with Crippen LogP contribution in [0.5, 0.6) is 5.75 Å². The molecule has 0 saturated carbocycles. The molecular weight excluding hydrogens is 452 g/mol. The van der Waals surface area contributed by atoms with Gasteiger partial charge in [-0.25, -0.2) is 4.79 Å². The van der Waals surface area contributed by atoms with Crippen molar-refractivity contribution in [3.05, 3.63) is 133 Å². The molecule has 0 fully saturated rings. The van der Waals surface area contributed by atoms with Gasteiger partial charge in [0.2, 0.25) is 0 Å². The minimum absolute atomic E-state index is 0.186. The molecule has 0 heterocycles. The van der Waals surface area contributed by atoms with Crippen LogP contribution < -0.4 is 4.74 Å². The van der Waals surface area contributed by atoms with E-state index < -0.39 is 0 Å². The van der Waals surface area contributed by atoms with Gasteiger partial charge >= 0.3 is 5.97 Å². The fraction of sp³-hybridized carbons (Fsp3) is 0.0645.